The van der Waals surface area contributed by atoms with Crippen molar-refractivity contribution < 1.29 is 0 Å². The Hall–Kier alpha value is -2.37. The Bertz CT molecular complexity index is 676. The molecule has 1 saturated heterocycles. The van der Waals surface area contributed by atoms with E-state index in [2.05, 4.69) is 20.2 Å². The van der Waals surface area contributed by atoms with E-state index in [0.717, 1.165) is 24.6 Å². The van der Waals surface area contributed by atoms with Crippen LogP contribution in [0.2, 0.25) is 0 Å². The zero-order valence-electron chi connectivity index (χ0n) is 12.1. The van der Waals surface area contributed by atoms with Crippen molar-refractivity contribution in [3.8, 4) is 0 Å². The van der Waals surface area contributed by atoms with E-state index in [4.69, 9.17) is 0 Å². The smallest absolute Gasteiger partial charge is 0.250 e. The molecule has 0 bridgehead atoms. The number of hydrogen-bond acceptors (Lipinski definition) is 5. The molecule has 1 aliphatic heterocycles. The van der Waals surface area contributed by atoms with Crippen molar-refractivity contribution in [2.24, 2.45) is 7.05 Å². The summed E-state index contributed by atoms with van der Waals surface area (Å²) in [6, 6.07) is 5.20. The lowest BCUT2D eigenvalue weighted by atomic mass is 10.1. The van der Waals surface area contributed by atoms with Gasteiger partial charge in [-0.05, 0) is 31.4 Å². The number of nitrogens with zero attached hydrogens (tertiary/aromatic N) is 4. The highest BCUT2D eigenvalue weighted by molar-refractivity contribution is 5.53. The van der Waals surface area contributed by atoms with Gasteiger partial charge in [-0.25, -0.2) is 4.98 Å². The van der Waals surface area contributed by atoms with Gasteiger partial charge in [-0.2, -0.15) is 4.98 Å². The van der Waals surface area contributed by atoms with Gasteiger partial charge in [0, 0.05) is 38.6 Å². The van der Waals surface area contributed by atoms with Gasteiger partial charge in [0.15, 0.2) is 0 Å². The molecular formula is C15H19N5O. The number of rotatable bonds is 3. The Kier molecular flexibility index (Phi) is 3.85. The number of hydrogen-bond donors (Lipinski definition) is 1. The molecule has 3 heterocycles. The quantitative estimate of drug-likeness (QED) is 0.933. The zero-order chi connectivity index (χ0) is 14.7. The molecule has 0 amide bonds. The van der Waals surface area contributed by atoms with Crippen molar-refractivity contribution in [1.29, 1.82) is 0 Å². The van der Waals surface area contributed by atoms with Gasteiger partial charge in [-0.3, -0.25) is 4.79 Å². The van der Waals surface area contributed by atoms with Crippen LogP contribution in [0.1, 0.15) is 19.3 Å². The fraction of sp³-hybridized carbons (Fsp3) is 0.400. The Labute approximate surface area is 123 Å². The summed E-state index contributed by atoms with van der Waals surface area (Å²) in [5.41, 5.74) is 0.761. The number of pyridine rings is 1. The van der Waals surface area contributed by atoms with Crippen molar-refractivity contribution >= 4 is 17.5 Å². The van der Waals surface area contributed by atoms with E-state index >= 15 is 0 Å². The summed E-state index contributed by atoms with van der Waals surface area (Å²) in [5, 5.41) is 3.14. The molecule has 2 aromatic heterocycles. The predicted molar refractivity (Wildman–Crippen MR) is 83.1 cm³/mol. The standard InChI is InChI=1S/C15H19N5O/c1-19-11-12(5-6-14(19)21)17-15-16-8-7-13(18-15)20-9-3-2-4-10-20/h5-8,11H,2-4,9-10H2,1H3,(H,16,17,18). The molecule has 0 radical (unpaired) electrons. The van der Waals surface area contributed by atoms with Crippen LogP contribution in [0.4, 0.5) is 17.5 Å². The normalized spacial score (nSPS) is 15.0. The molecule has 1 fully saturated rings. The van der Waals surface area contributed by atoms with Gasteiger partial charge in [0.2, 0.25) is 11.5 Å². The Morgan fingerprint density at radius 1 is 1.14 bits per heavy atom. The van der Waals surface area contributed by atoms with Crippen molar-refractivity contribution in [3.63, 3.8) is 0 Å². The fourth-order valence-electron chi connectivity index (χ4n) is 2.51. The fourth-order valence-corrected chi connectivity index (χ4v) is 2.51. The number of anilines is 3. The van der Waals surface area contributed by atoms with Gasteiger partial charge in [-0.15, -0.1) is 0 Å². The third-order valence-electron chi connectivity index (χ3n) is 3.66. The van der Waals surface area contributed by atoms with E-state index in [1.54, 1.807) is 25.5 Å². The van der Waals surface area contributed by atoms with Crippen molar-refractivity contribution in [3.05, 3.63) is 40.9 Å². The highest BCUT2D eigenvalue weighted by Gasteiger charge is 2.12. The minimum Gasteiger partial charge on any atom is -0.356 e. The maximum absolute atomic E-state index is 11.4. The maximum Gasteiger partial charge on any atom is 0.250 e. The monoisotopic (exact) mass is 285 g/mol. The van der Waals surface area contributed by atoms with Crippen LogP contribution in [0.5, 0.6) is 0 Å². The molecule has 110 valence electrons. The van der Waals surface area contributed by atoms with E-state index < -0.39 is 0 Å². The Morgan fingerprint density at radius 2 is 1.95 bits per heavy atom. The van der Waals surface area contributed by atoms with Gasteiger partial charge >= 0.3 is 0 Å². The zero-order valence-corrected chi connectivity index (χ0v) is 12.1. The molecule has 0 aliphatic carbocycles. The summed E-state index contributed by atoms with van der Waals surface area (Å²) >= 11 is 0. The summed E-state index contributed by atoms with van der Waals surface area (Å²) in [6.07, 6.45) is 7.23. The molecular weight excluding hydrogens is 266 g/mol. The first-order valence-corrected chi connectivity index (χ1v) is 7.24. The van der Waals surface area contributed by atoms with E-state index in [1.165, 1.54) is 29.9 Å². The summed E-state index contributed by atoms with van der Waals surface area (Å²) in [6.45, 7) is 2.10. The summed E-state index contributed by atoms with van der Waals surface area (Å²) in [7, 11) is 1.72. The number of nitrogens with one attached hydrogen (secondary N) is 1. The molecule has 6 heteroatoms. The molecule has 0 atom stereocenters. The van der Waals surface area contributed by atoms with Crippen LogP contribution >= 0.6 is 0 Å². The number of aryl methyl sites for hydroxylation is 1. The summed E-state index contributed by atoms with van der Waals surface area (Å²) < 4.78 is 1.52. The second kappa shape index (κ2) is 5.95. The third kappa shape index (κ3) is 3.21. The molecule has 0 saturated carbocycles. The van der Waals surface area contributed by atoms with Crippen LogP contribution in [0.25, 0.3) is 0 Å². The number of aromatic nitrogens is 3. The lowest BCUT2D eigenvalue weighted by Gasteiger charge is -2.27. The first-order chi connectivity index (χ1) is 10.2. The van der Waals surface area contributed by atoms with E-state index in [1.807, 2.05) is 6.07 Å². The summed E-state index contributed by atoms with van der Waals surface area (Å²) in [4.78, 5) is 22.5. The average Bonchev–Trinajstić information content (AvgIpc) is 2.52. The van der Waals surface area contributed by atoms with Crippen LogP contribution < -0.4 is 15.8 Å². The lowest BCUT2D eigenvalue weighted by molar-refractivity contribution is 0.573. The van der Waals surface area contributed by atoms with Crippen molar-refractivity contribution in [1.82, 2.24) is 14.5 Å². The van der Waals surface area contributed by atoms with Crippen LogP contribution in [-0.2, 0) is 7.05 Å². The van der Waals surface area contributed by atoms with Crippen molar-refractivity contribution in [2.45, 2.75) is 19.3 Å². The van der Waals surface area contributed by atoms with Crippen LogP contribution in [0.3, 0.4) is 0 Å². The minimum absolute atomic E-state index is 0.0384. The SMILES string of the molecule is Cn1cc(Nc2nccc(N3CCCCC3)n2)ccc1=O. The van der Waals surface area contributed by atoms with Gasteiger partial charge in [-0.1, -0.05) is 0 Å². The number of piperidine rings is 1. The second-order valence-corrected chi connectivity index (χ2v) is 5.28. The lowest BCUT2D eigenvalue weighted by Crippen LogP contribution is -2.30. The molecule has 2 aromatic rings. The van der Waals surface area contributed by atoms with Crippen LogP contribution in [0.15, 0.2) is 35.4 Å². The molecule has 3 rings (SSSR count). The van der Waals surface area contributed by atoms with Gasteiger partial charge in [0.05, 0.1) is 5.69 Å². The molecule has 6 nitrogen and oxygen atoms in total. The highest BCUT2D eigenvalue weighted by Crippen LogP contribution is 2.19. The van der Waals surface area contributed by atoms with Crippen LogP contribution in [0, 0.1) is 0 Å². The van der Waals surface area contributed by atoms with Crippen LogP contribution in [-0.4, -0.2) is 27.6 Å². The van der Waals surface area contributed by atoms with Gasteiger partial charge < -0.3 is 14.8 Å². The molecule has 0 aromatic carbocycles. The predicted octanol–water partition coefficient (Wildman–Crippen LogP) is 1.91. The molecule has 1 aliphatic rings. The van der Waals surface area contributed by atoms with E-state index in [0.29, 0.717) is 5.95 Å². The summed E-state index contributed by atoms with van der Waals surface area (Å²) in [5.74, 6) is 1.51. The molecule has 1 N–H and O–H groups in total. The average molecular weight is 285 g/mol. The van der Waals surface area contributed by atoms with E-state index in [9.17, 15) is 4.79 Å². The Morgan fingerprint density at radius 3 is 2.71 bits per heavy atom. The topological polar surface area (TPSA) is 63.1 Å². The van der Waals surface area contributed by atoms with Gasteiger partial charge in [0.25, 0.3) is 0 Å². The third-order valence-corrected chi connectivity index (χ3v) is 3.66. The minimum atomic E-state index is -0.0384. The first-order valence-electron chi connectivity index (χ1n) is 7.24. The largest absolute Gasteiger partial charge is 0.356 e. The van der Waals surface area contributed by atoms with E-state index in [-0.39, 0.29) is 5.56 Å². The Balaban J connectivity index is 1.79. The molecule has 21 heavy (non-hydrogen) atoms. The highest BCUT2D eigenvalue weighted by atomic mass is 16.1. The van der Waals surface area contributed by atoms with Gasteiger partial charge in [0.1, 0.15) is 5.82 Å². The maximum atomic E-state index is 11.4. The molecule has 0 spiro atoms. The second-order valence-electron chi connectivity index (χ2n) is 5.28. The van der Waals surface area contributed by atoms with Crippen molar-refractivity contribution in [2.75, 3.05) is 23.3 Å². The molecule has 0 unspecified atom stereocenters. The first kappa shape index (κ1) is 13.6.